The zero-order valence-electron chi connectivity index (χ0n) is 12.7. The van der Waals surface area contributed by atoms with Crippen LogP contribution in [-0.4, -0.2) is 22.6 Å². The lowest BCUT2D eigenvalue weighted by atomic mass is 10.2. The Hall–Kier alpha value is -2.99. The summed E-state index contributed by atoms with van der Waals surface area (Å²) in [5, 5.41) is 6.78. The molecule has 1 heterocycles. The Morgan fingerprint density at radius 3 is 2.67 bits per heavy atom. The summed E-state index contributed by atoms with van der Waals surface area (Å²) in [6.07, 6.45) is 1.71. The molecule has 0 saturated heterocycles. The van der Waals surface area contributed by atoms with E-state index in [1.54, 1.807) is 18.3 Å². The first-order valence-electron chi connectivity index (χ1n) is 7.35. The molecule has 0 aliphatic carbocycles. The average Bonchev–Trinajstić information content (AvgIpc) is 2.61. The summed E-state index contributed by atoms with van der Waals surface area (Å²) in [5.41, 5.74) is 1.53. The van der Waals surface area contributed by atoms with E-state index in [1.165, 1.54) is 0 Å². The number of anilines is 1. The lowest BCUT2D eigenvalue weighted by Crippen LogP contribution is -2.37. The summed E-state index contributed by atoms with van der Waals surface area (Å²) < 4.78 is 5.38. The third-order valence-corrected chi connectivity index (χ3v) is 3.45. The Morgan fingerprint density at radius 2 is 1.83 bits per heavy atom. The van der Waals surface area contributed by atoms with Crippen molar-refractivity contribution in [2.45, 2.75) is 0 Å². The maximum absolute atomic E-state index is 11.9. The quantitative estimate of drug-likeness (QED) is 0.716. The minimum Gasteiger partial charge on any atom is -0.484 e. The monoisotopic (exact) mass is 337 g/mol. The molecule has 0 aliphatic heterocycles. The number of nitrogens with one attached hydrogen (secondary N) is 2. The van der Waals surface area contributed by atoms with E-state index in [2.05, 4.69) is 15.6 Å². The minimum atomic E-state index is -0.329. The van der Waals surface area contributed by atoms with Gasteiger partial charge >= 0.3 is 0 Å². The lowest BCUT2D eigenvalue weighted by Gasteiger charge is -2.11. The number of nitrogens with zero attached hydrogens (tertiary/aromatic N) is 1. The fourth-order valence-corrected chi connectivity index (χ4v) is 2.41. The first-order chi connectivity index (χ1) is 11.7. The van der Waals surface area contributed by atoms with Gasteiger partial charge in [-0.2, -0.15) is 0 Å². The number of para-hydroxylation sites is 2. The number of rotatable bonds is 4. The first-order valence-corrected chi connectivity index (χ1v) is 7.75. The molecule has 120 valence electrons. The highest BCUT2D eigenvalue weighted by atomic mass is 32.1. The molecule has 24 heavy (non-hydrogen) atoms. The molecular formula is C18H15N3O2S. The molecule has 0 radical (unpaired) electrons. The van der Waals surface area contributed by atoms with E-state index in [-0.39, 0.29) is 17.6 Å². The largest absolute Gasteiger partial charge is 0.484 e. The molecular weight excluding hydrogens is 322 g/mol. The molecule has 1 aromatic heterocycles. The third kappa shape index (κ3) is 4.05. The van der Waals surface area contributed by atoms with Gasteiger partial charge in [-0.3, -0.25) is 15.1 Å². The molecule has 0 bridgehead atoms. The Morgan fingerprint density at radius 1 is 1.04 bits per heavy atom. The van der Waals surface area contributed by atoms with E-state index in [0.717, 1.165) is 16.6 Å². The van der Waals surface area contributed by atoms with Crippen LogP contribution in [0.2, 0.25) is 0 Å². The van der Waals surface area contributed by atoms with Crippen LogP contribution >= 0.6 is 12.2 Å². The summed E-state index contributed by atoms with van der Waals surface area (Å²) >= 11 is 5.18. The number of amides is 1. The van der Waals surface area contributed by atoms with Gasteiger partial charge in [-0.15, -0.1) is 0 Å². The van der Waals surface area contributed by atoms with E-state index in [0.29, 0.717) is 5.75 Å². The smallest absolute Gasteiger partial charge is 0.264 e. The summed E-state index contributed by atoms with van der Waals surface area (Å²) in [5.74, 6) is 0.300. The normalized spacial score (nSPS) is 10.2. The van der Waals surface area contributed by atoms with E-state index in [9.17, 15) is 4.79 Å². The molecule has 0 fully saturated rings. The maximum Gasteiger partial charge on any atom is 0.264 e. The van der Waals surface area contributed by atoms with Crippen LogP contribution in [0.15, 0.2) is 66.9 Å². The SMILES string of the molecule is O=C(COc1ccccc1)NC(=S)Nc1cccc2cccnc12. The van der Waals surface area contributed by atoms with Crippen molar-refractivity contribution in [3.8, 4) is 5.75 Å². The number of benzene rings is 2. The Balaban J connectivity index is 1.58. The molecule has 3 aromatic rings. The molecule has 0 unspecified atom stereocenters. The second-order valence-corrected chi connectivity index (χ2v) is 5.39. The zero-order valence-corrected chi connectivity index (χ0v) is 13.5. The van der Waals surface area contributed by atoms with Crippen molar-refractivity contribution >= 4 is 39.8 Å². The van der Waals surface area contributed by atoms with Crippen molar-refractivity contribution in [3.63, 3.8) is 0 Å². The van der Waals surface area contributed by atoms with Crippen LogP contribution in [0.4, 0.5) is 5.69 Å². The first kappa shape index (κ1) is 15.9. The zero-order chi connectivity index (χ0) is 16.8. The summed E-state index contributed by atoms with van der Waals surface area (Å²) in [6, 6.07) is 18.7. The number of hydrogen-bond donors (Lipinski definition) is 2. The highest BCUT2D eigenvalue weighted by Gasteiger charge is 2.08. The second kappa shape index (κ2) is 7.52. The number of hydrogen-bond acceptors (Lipinski definition) is 4. The average molecular weight is 337 g/mol. The van der Waals surface area contributed by atoms with Crippen molar-refractivity contribution in [1.82, 2.24) is 10.3 Å². The maximum atomic E-state index is 11.9. The third-order valence-electron chi connectivity index (χ3n) is 3.25. The Bertz CT molecular complexity index is 863. The van der Waals surface area contributed by atoms with E-state index in [4.69, 9.17) is 17.0 Å². The fourth-order valence-electron chi connectivity index (χ4n) is 2.19. The van der Waals surface area contributed by atoms with Gasteiger partial charge in [0.15, 0.2) is 11.7 Å². The number of fused-ring (bicyclic) bond motifs is 1. The standard InChI is InChI=1S/C18H15N3O2S/c22-16(12-23-14-8-2-1-3-9-14)21-18(24)20-15-10-4-6-13-7-5-11-19-17(13)15/h1-11H,12H2,(H2,20,21,22,24). The molecule has 2 N–H and O–H groups in total. The summed E-state index contributed by atoms with van der Waals surface area (Å²) in [4.78, 5) is 16.2. The van der Waals surface area contributed by atoms with E-state index < -0.39 is 0 Å². The van der Waals surface area contributed by atoms with Crippen molar-refractivity contribution in [2.75, 3.05) is 11.9 Å². The van der Waals surface area contributed by atoms with Crippen LogP contribution in [0.3, 0.4) is 0 Å². The van der Waals surface area contributed by atoms with Gasteiger partial charge in [0.2, 0.25) is 0 Å². The van der Waals surface area contributed by atoms with Gasteiger partial charge in [0.1, 0.15) is 5.75 Å². The Kier molecular flexibility index (Phi) is 4.98. The number of ether oxygens (including phenoxy) is 1. The number of carbonyl (C=O) groups is 1. The molecule has 0 aliphatic rings. The lowest BCUT2D eigenvalue weighted by molar-refractivity contribution is -0.121. The van der Waals surface area contributed by atoms with Crippen LogP contribution in [-0.2, 0) is 4.79 Å². The number of thiocarbonyl (C=S) groups is 1. The minimum absolute atomic E-state index is 0.111. The van der Waals surface area contributed by atoms with E-state index >= 15 is 0 Å². The van der Waals surface area contributed by atoms with Crippen molar-refractivity contribution in [2.24, 2.45) is 0 Å². The number of carbonyl (C=O) groups excluding carboxylic acids is 1. The summed E-state index contributed by atoms with van der Waals surface area (Å²) in [6.45, 7) is -0.111. The van der Waals surface area contributed by atoms with Crippen LogP contribution in [0.5, 0.6) is 5.75 Å². The highest BCUT2D eigenvalue weighted by molar-refractivity contribution is 7.80. The van der Waals surface area contributed by atoms with Gasteiger partial charge in [-0.05, 0) is 36.5 Å². The van der Waals surface area contributed by atoms with Gasteiger partial charge < -0.3 is 10.1 Å². The second-order valence-electron chi connectivity index (χ2n) is 4.98. The van der Waals surface area contributed by atoms with Crippen molar-refractivity contribution in [1.29, 1.82) is 0 Å². The van der Waals surface area contributed by atoms with E-state index in [1.807, 2.05) is 48.5 Å². The summed E-state index contributed by atoms with van der Waals surface area (Å²) in [7, 11) is 0. The Labute approximate surface area is 144 Å². The molecule has 2 aromatic carbocycles. The van der Waals surface area contributed by atoms with Crippen LogP contribution in [0.25, 0.3) is 10.9 Å². The molecule has 1 amide bonds. The van der Waals surface area contributed by atoms with Gasteiger partial charge in [0.05, 0.1) is 11.2 Å². The topological polar surface area (TPSA) is 63.2 Å². The molecule has 6 heteroatoms. The molecule has 0 spiro atoms. The van der Waals surface area contributed by atoms with Crippen molar-refractivity contribution < 1.29 is 9.53 Å². The van der Waals surface area contributed by atoms with Crippen LogP contribution < -0.4 is 15.4 Å². The van der Waals surface area contributed by atoms with Gasteiger partial charge in [-0.1, -0.05) is 36.4 Å². The predicted molar refractivity (Wildman–Crippen MR) is 98.0 cm³/mol. The van der Waals surface area contributed by atoms with Crippen LogP contribution in [0, 0.1) is 0 Å². The van der Waals surface area contributed by atoms with Gasteiger partial charge in [-0.25, -0.2) is 0 Å². The number of aromatic nitrogens is 1. The number of pyridine rings is 1. The molecule has 3 rings (SSSR count). The molecule has 0 atom stereocenters. The van der Waals surface area contributed by atoms with Gasteiger partial charge in [0, 0.05) is 11.6 Å². The predicted octanol–water partition coefficient (Wildman–Crippen LogP) is 3.13. The fraction of sp³-hybridized carbons (Fsp3) is 0.0556. The van der Waals surface area contributed by atoms with Crippen molar-refractivity contribution in [3.05, 3.63) is 66.9 Å². The molecule has 5 nitrogen and oxygen atoms in total. The molecule has 0 saturated carbocycles. The highest BCUT2D eigenvalue weighted by Crippen LogP contribution is 2.20. The van der Waals surface area contributed by atoms with Gasteiger partial charge in [0.25, 0.3) is 5.91 Å². The van der Waals surface area contributed by atoms with Crippen LogP contribution in [0.1, 0.15) is 0 Å².